The van der Waals surface area contributed by atoms with Crippen LogP contribution in [0, 0.1) is 0 Å². The number of rotatable bonds is 3. The maximum atomic E-state index is 11.9. The molecule has 1 amide bonds. The Morgan fingerprint density at radius 3 is 2.83 bits per heavy atom. The molecular weight excluding hydrogens is 230 g/mol. The van der Waals surface area contributed by atoms with E-state index in [1.807, 2.05) is 13.8 Å². The molecule has 1 aromatic rings. The second kappa shape index (κ2) is 4.49. The van der Waals surface area contributed by atoms with E-state index in [0.29, 0.717) is 24.4 Å². The first-order chi connectivity index (χ1) is 8.37. The number of carbonyl (C=O) groups excluding carboxylic acids is 1. The molecule has 0 saturated heterocycles. The molecule has 0 atom stereocenters. The van der Waals surface area contributed by atoms with Gasteiger partial charge in [0.15, 0.2) is 6.61 Å². The molecule has 0 fully saturated rings. The highest BCUT2D eigenvalue weighted by Gasteiger charge is 2.26. The summed E-state index contributed by atoms with van der Waals surface area (Å²) in [7, 11) is 0. The van der Waals surface area contributed by atoms with E-state index in [4.69, 9.17) is 16.2 Å². The van der Waals surface area contributed by atoms with E-state index < -0.39 is 0 Å². The number of ether oxygens (including phenoxy) is 1. The SMILES string of the molecule is CC(C)(N)CCN1C(=O)COc2ccc(N)cc21. The van der Waals surface area contributed by atoms with Crippen LogP contribution < -0.4 is 21.1 Å². The fraction of sp³-hybridized carbons (Fsp3) is 0.462. The molecule has 0 aliphatic carbocycles. The Labute approximate surface area is 107 Å². The Kier molecular flexibility index (Phi) is 3.17. The number of carbonyl (C=O) groups is 1. The highest BCUT2D eigenvalue weighted by molar-refractivity contribution is 5.98. The van der Waals surface area contributed by atoms with Crippen LogP contribution in [0.1, 0.15) is 20.3 Å². The maximum absolute atomic E-state index is 11.9. The van der Waals surface area contributed by atoms with Crippen molar-refractivity contribution in [2.24, 2.45) is 5.73 Å². The number of hydrogen-bond donors (Lipinski definition) is 2. The van der Waals surface area contributed by atoms with E-state index >= 15 is 0 Å². The summed E-state index contributed by atoms with van der Waals surface area (Å²) in [6, 6.07) is 5.31. The van der Waals surface area contributed by atoms with Gasteiger partial charge < -0.3 is 21.1 Å². The molecule has 98 valence electrons. The molecule has 2 rings (SSSR count). The normalized spacial score (nSPS) is 15.3. The first-order valence-corrected chi connectivity index (χ1v) is 5.98. The highest BCUT2D eigenvalue weighted by Crippen LogP contribution is 2.34. The summed E-state index contributed by atoms with van der Waals surface area (Å²) >= 11 is 0. The molecule has 18 heavy (non-hydrogen) atoms. The highest BCUT2D eigenvalue weighted by atomic mass is 16.5. The minimum Gasteiger partial charge on any atom is -0.482 e. The average Bonchev–Trinajstić information content (AvgIpc) is 2.26. The van der Waals surface area contributed by atoms with E-state index in [-0.39, 0.29) is 18.1 Å². The van der Waals surface area contributed by atoms with Crippen molar-refractivity contribution in [1.29, 1.82) is 0 Å². The van der Waals surface area contributed by atoms with Gasteiger partial charge in [0.2, 0.25) is 0 Å². The van der Waals surface area contributed by atoms with E-state index in [2.05, 4.69) is 0 Å². The number of anilines is 2. The Hall–Kier alpha value is -1.75. The van der Waals surface area contributed by atoms with Crippen molar-refractivity contribution in [3.63, 3.8) is 0 Å². The molecule has 1 aliphatic heterocycles. The van der Waals surface area contributed by atoms with Crippen molar-refractivity contribution in [1.82, 2.24) is 0 Å². The second-order valence-corrected chi connectivity index (χ2v) is 5.30. The zero-order chi connectivity index (χ0) is 13.3. The number of benzene rings is 1. The Bertz CT molecular complexity index is 466. The molecule has 0 saturated carbocycles. The molecule has 0 aromatic heterocycles. The van der Waals surface area contributed by atoms with Crippen LogP contribution in [0.2, 0.25) is 0 Å². The molecule has 4 N–H and O–H groups in total. The van der Waals surface area contributed by atoms with Crippen LogP contribution in [0.25, 0.3) is 0 Å². The molecule has 5 nitrogen and oxygen atoms in total. The van der Waals surface area contributed by atoms with Crippen molar-refractivity contribution in [2.75, 3.05) is 23.8 Å². The molecule has 1 aliphatic rings. The molecule has 0 bridgehead atoms. The summed E-state index contributed by atoms with van der Waals surface area (Å²) in [5, 5.41) is 0. The van der Waals surface area contributed by atoms with Crippen molar-refractivity contribution in [2.45, 2.75) is 25.8 Å². The lowest BCUT2D eigenvalue weighted by molar-refractivity contribution is -0.121. The quantitative estimate of drug-likeness (QED) is 0.786. The fourth-order valence-electron chi connectivity index (χ4n) is 1.86. The van der Waals surface area contributed by atoms with Crippen molar-refractivity contribution in [3.05, 3.63) is 18.2 Å². The standard InChI is InChI=1S/C13H19N3O2/c1-13(2,15)5-6-16-10-7-9(14)3-4-11(10)18-8-12(16)17/h3-4,7H,5-6,8,14-15H2,1-2H3. The average molecular weight is 249 g/mol. The van der Waals surface area contributed by atoms with Crippen molar-refractivity contribution in [3.8, 4) is 5.75 Å². The number of nitrogens with two attached hydrogens (primary N) is 2. The molecule has 0 radical (unpaired) electrons. The lowest BCUT2D eigenvalue weighted by Gasteiger charge is -2.31. The molecule has 0 unspecified atom stereocenters. The monoisotopic (exact) mass is 249 g/mol. The number of hydrogen-bond acceptors (Lipinski definition) is 4. The van der Waals surface area contributed by atoms with Gasteiger partial charge in [0.1, 0.15) is 5.75 Å². The fourth-order valence-corrected chi connectivity index (χ4v) is 1.86. The molecule has 1 aromatic carbocycles. The largest absolute Gasteiger partial charge is 0.482 e. The summed E-state index contributed by atoms with van der Waals surface area (Å²) in [6.45, 7) is 4.53. The van der Waals surface area contributed by atoms with Crippen LogP contribution in [0.3, 0.4) is 0 Å². The van der Waals surface area contributed by atoms with E-state index in [1.54, 1.807) is 23.1 Å². The Morgan fingerprint density at radius 1 is 1.44 bits per heavy atom. The van der Waals surface area contributed by atoms with E-state index in [0.717, 1.165) is 5.69 Å². The van der Waals surface area contributed by atoms with Gasteiger partial charge in [-0.15, -0.1) is 0 Å². The summed E-state index contributed by atoms with van der Waals surface area (Å²) < 4.78 is 5.37. The lowest BCUT2D eigenvalue weighted by atomic mass is 10.0. The minimum atomic E-state index is -0.306. The number of nitrogens with zero attached hydrogens (tertiary/aromatic N) is 1. The number of amides is 1. The molecule has 1 heterocycles. The predicted molar refractivity (Wildman–Crippen MR) is 71.6 cm³/mol. The zero-order valence-corrected chi connectivity index (χ0v) is 10.8. The summed E-state index contributed by atoms with van der Waals surface area (Å²) in [4.78, 5) is 13.6. The topological polar surface area (TPSA) is 81.6 Å². The van der Waals surface area contributed by atoms with Gasteiger partial charge in [-0.25, -0.2) is 0 Å². The van der Waals surface area contributed by atoms with Crippen LogP contribution in [0.4, 0.5) is 11.4 Å². The Balaban J connectivity index is 2.24. The van der Waals surface area contributed by atoms with Gasteiger partial charge >= 0.3 is 0 Å². The van der Waals surface area contributed by atoms with Gasteiger partial charge in [-0.3, -0.25) is 4.79 Å². The minimum absolute atomic E-state index is 0.0580. The van der Waals surface area contributed by atoms with Crippen molar-refractivity contribution >= 4 is 17.3 Å². The second-order valence-electron chi connectivity index (χ2n) is 5.30. The first-order valence-electron chi connectivity index (χ1n) is 5.98. The third-order valence-electron chi connectivity index (χ3n) is 2.91. The van der Waals surface area contributed by atoms with Crippen LogP contribution in [-0.4, -0.2) is 24.6 Å². The summed E-state index contributed by atoms with van der Waals surface area (Å²) in [5.41, 5.74) is 12.7. The Morgan fingerprint density at radius 2 is 2.17 bits per heavy atom. The van der Waals surface area contributed by atoms with Gasteiger partial charge in [-0.05, 0) is 38.5 Å². The first kappa shape index (κ1) is 12.7. The van der Waals surface area contributed by atoms with Gasteiger partial charge in [0.25, 0.3) is 5.91 Å². The van der Waals surface area contributed by atoms with Gasteiger partial charge in [0, 0.05) is 17.8 Å². The van der Waals surface area contributed by atoms with Gasteiger partial charge in [-0.2, -0.15) is 0 Å². The summed E-state index contributed by atoms with van der Waals surface area (Å²) in [5.74, 6) is 0.635. The third kappa shape index (κ3) is 2.73. The maximum Gasteiger partial charge on any atom is 0.265 e. The van der Waals surface area contributed by atoms with Gasteiger partial charge in [-0.1, -0.05) is 0 Å². The zero-order valence-electron chi connectivity index (χ0n) is 10.8. The van der Waals surface area contributed by atoms with E-state index in [9.17, 15) is 4.79 Å². The molecule has 0 spiro atoms. The summed E-state index contributed by atoms with van der Waals surface area (Å²) in [6.07, 6.45) is 0.715. The molecular formula is C13H19N3O2. The lowest BCUT2D eigenvalue weighted by Crippen LogP contribution is -2.43. The molecule has 5 heteroatoms. The van der Waals surface area contributed by atoms with Crippen LogP contribution >= 0.6 is 0 Å². The van der Waals surface area contributed by atoms with Crippen LogP contribution in [0.15, 0.2) is 18.2 Å². The van der Waals surface area contributed by atoms with Crippen LogP contribution in [0.5, 0.6) is 5.75 Å². The van der Waals surface area contributed by atoms with E-state index in [1.165, 1.54) is 0 Å². The predicted octanol–water partition coefficient (Wildman–Crippen LogP) is 1.12. The smallest absolute Gasteiger partial charge is 0.265 e. The third-order valence-corrected chi connectivity index (χ3v) is 2.91. The van der Waals surface area contributed by atoms with Gasteiger partial charge in [0.05, 0.1) is 5.69 Å². The van der Waals surface area contributed by atoms with Crippen LogP contribution in [-0.2, 0) is 4.79 Å². The van der Waals surface area contributed by atoms with Crippen molar-refractivity contribution < 1.29 is 9.53 Å². The number of fused-ring (bicyclic) bond motifs is 1. The number of nitrogen functional groups attached to an aromatic ring is 1.